The van der Waals surface area contributed by atoms with Crippen molar-refractivity contribution in [3.8, 4) is 0 Å². The van der Waals surface area contributed by atoms with E-state index < -0.39 is 3.79 Å². The first-order valence-electron chi connectivity index (χ1n) is 4.34. The summed E-state index contributed by atoms with van der Waals surface area (Å²) in [6.07, 6.45) is 2.05. The van der Waals surface area contributed by atoms with Gasteiger partial charge in [-0.1, -0.05) is 34.8 Å². The number of nitrogens with zero attached hydrogens (tertiary/aromatic N) is 1. The normalized spacial score (nSPS) is 21.0. The summed E-state index contributed by atoms with van der Waals surface area (Å²) >= 11 is 17.1. The van der Waals surface area contributed by atoms with Crippen LogP contribution < -0.4 is 0 Å². The molecule has 0 saturated carbocycles. The number of halogens is 3. The monoisotopic (exact) mass is 245 g/mol. The van der Waals surface area contributed by atoms with Gasteiger partial charge < -0.3 is 4.74 Å². The zero-order valence-electron chi connectivity index (χ0n) is 7.60. The standard InChI is InChI=1S/C8H14Cl3NO/c1-12(6-8(9,10)11)7-2-4-13-5-3-7/h7H,2-6H2,1H3. The topological polar surface area (TPSA) is 12.5 Å². The Morgan fingerprint density at radius 1 is 1.31 bits per heavy atom. The molecule has 0 radical (unpaired) electrons. The minimum Gasteiger partial charge on any atom is -0.381 e. The van der Waals surface area contributed by atoms with Gasteiger partial charge in [0.25, 0.3) is 0 Å². The molecule has 0 amide bonds. The van der Waals surface area contributed by atoms with Gasteiger partial charge in [0.2, 0.25) is 3.79 Å². The van der Waals surface area contributed by atoms with Crippen molar-refractivity contribution >= 4 is 34.8 Å². The molecular weight excluding hydrogens is 232 g/mol. The van der Waals surface area contributed by atoms with Crippen LogP contribution in [0.25, 0.3) is 0 Å². The first kappa shape index (κ1) is 11.9. The summed E-state index contributed by atoms with van der Waals surface area (Å²) in [5.41, 5.74) is 0. The minimum absolute atomic E-state index is 0.475. The quantitative estimate of drug-likeness (QED) is 0.694. The van der Waals surface area contributed by atoms with Gasteiger partial charge in [0.05, 0.1) is 0 Å². The number of hydrogen-bond donors (Lipinski definition) is 0. The maximum atomic E-state index is 5.71. The fourth-order valence-electron chi connectivity index (χ4n) is 1.54. The molecule has 0 aromatic carbocycles. The SMILES string of the molecule is CN(CC(Cl)(Cl)Cl)C1CCOCC1. The van der Waals surface area contributed by atoms with Gasteiger partial charge in [0, 0.05) is 25.8 Å². The lowest BCUT2D eigenvalue weighted by Gasteiger charge is -2.32. The Morgan fingerprint density at radius 3 is 2.31 bits per heavy atom. The zero-order chi connectivity index (χ0) is 9.90. The highest BCUT2D eigenvalue weighted by Crippen LogP contribution is 2.28. The molecule has 0 N–H and O–H groups in total. The molecule has 5 heteroatoms. The third-order valence-corrected chi connectivity index (χ3v) is 2.60. The molecule has 0 spiro atoms. The van der Waals surface area contributed by atoms with Crippen LogP contribution in [0.4, 0.5) is 0 Å². The lowest BCUT2D eigenvalue weighted by Crippen LogP contribution is -2.40. The van der Waals surface area contributed by atoms with Gasteiger partial charge in [0.15, 0.2) is 0 Å². The van der Waals surface area contributed by atoms with E-state index in [4.69, 9.17) is 39.5 Å². The molecule has 0 atom stereocenters. The molecule has 13 heavy (non-hydrogen) atoms. The number of rotatable bonds is 2. The Morgan fingerprint density at radius 2 is 1.85 bits per heavy atom. The van der Waals surface area contributed by atoms with E-state index in [2.05, 4.69) is 4.90 Å². The molecular formula is C8H14Cl3NO. The number of ether oxygens (including phenoxy) is 1. The summed E-state index contributed by atoms with van der Waals surface area (Å²) in [7, 11) is 1.98. The van der Waals surface area contributed by atoms with Gasteiger partial charge in [-0.15, -0.1) is 0 Å². The van der Waals surface area contributed by atoms with Gasteiger partial charge in [-0.25, -0.2) is 0 Å². The van der Waals surface area contributed by atoms with Crippen LogP contribution >= 0.6 is 34.8 Å². The maximum Gasteiger partial charge on any atom is 0.203 e. The highest BCUT2D eigenvalue weighted by molar-refractivity contribution is 6.67. The second-order valence-electron chi connectivity index (χ2n) is 3.37. The van der Waals surface area contributed by atoms with Crippen molar-refractivity contribution in [2.24, 2.45) is 0 Å². The third-order valence-electron chi connectivity index (χ3n) is 2.24. The average molecular weight is 247 g/mol. The maximum absolute atomic E-state index is 5.71. The molecule has 1 aliphatic heterocycles. The van der Waals surface area contributed by atoms with E-state index in [1.54, 1.807) is 0 Å². The Labute approximate surface area is 94.1 Å². The summed E-state index contributed by atoms with van der Waals surface area (Å²) < 4.78 is 4.08. The molecule has 1 heterocycles. The lowest BCUT2D eigenvalue weighted by atomic mass is 10.1. The van der Waals surface area contributed by atoms with E-state index in [0.717, 1.165) is 26.1 Å². The summed E-state index contributed by atoms with van der Waals surface area (Å²) in [5, 5.41) is 0. The van der Waals surface area contributed by atoms with Gasteiger partial charge in [0.1, 0.15) is 0 Å². The Kier molecular flexibility index (Phi) is 4.59. The molecule has 78 valence electrons. The van der Waals surface area contributed by atoms with Crippen LogP contribution in [0.15, 0.2) is 0 Å². The first-order chi connectivity index (χ1) is 5.99. The van der Waals surface area contributed by atoms with E-state index in [0.29, 0.717) is 12.6 Å². The molecule has 0 bridgehead atoms. The highest BCUT2D eigenvalue weighted by atomic mass is 35.6. The van der Waals surface area contributed by atoms with E-state index in [1.165, 1.54) is 0 Å². The second-order valence-corrected chi connectivity index (χ2v) is 5.89. The van der Waals surface area contributed by atoms with Crippen LogP contribution in [0.3, 0.4) is 0 Å². The van der Waals surface area contributed by atoms with Crippen molar-refractivity contribution in [1.82, 2.24) is 4.90 Å². The van der Waals surface area contributed by atoms with Crippen LogP contribution in [0.2, 0.25) is 0 Å². The Bertz CT molecular complexity index is 154. The zero-order valence-corrected chi connectivity index (χ0v) is 9.87. The second kappa shape index (κ2) is 5.04. The van der Waals surface area contributed by atoms with Crippen LogP contribution in [0.5, 0.6) is 0 Å². The van der Waals surface area contributed by atoms with Gasteiger partial charge in [-0.2, -0.15) is 0 Å². The summed E-state index contributed by atoms with van der Waals surface area (Å²) in [6.45, 7) is 2.10. The van der Waals surface area contributed by atoms with Crippen molar-refractivity contribution in [2.75, 3.05) is 26.8 Å². The highest BCUT2D eigenvalue weighted by Gasteiger charge is 2.26. The summed E-state index contributed by atoms with van der Waals surface area (Å²) in [5.74, 6) is 0. The lowest BCUT2D eigenvalue weighted by molar-refractivity contribution is 0.0437. The van der Waals surface area contributed by atoms with Gasteiger partial charge >= 0.3 is 0 Å². The Hall–Kier alpha value is 0.790. The molecule has 1 fully saturated rings. The van der Waals surface area contributed by atoms with E-state index in [-0.39, 0.29) is 0 Å². The minimum atomic E-state index is -1.17. The number of hydrogen-bond acceptors (Lipinski definition) is 2. The summed E-state index contributed by atoms with van der Waals surface area (Å²) in [4.78, 5) is 2.09. The van der Waals surface area contributed by atoms with Gasteiger partial charge in [-0.3, -0.25) is 4.90 Å². The molecule has 1 rings (SSSR count). The third kappa shape index (κ3) is 4.71. The van der Waals surface area contributed by atoms with Crippen LogP contribution in [0, 0.1) is 0 Å². The summed E-state index contributed by atoms with van der Waals surface area (Å²) in [6, 6.07) is 0.490. The van der Waals surface area contributed by atoms with Crippen molar-refractivity contribution < 1.29 is 4.74 Å². The predicted molar refractivity (Wildman–Crippen MR) is 56.8 cm³/mol. The van der Waals surface area contributed by atoms with E-state index in [9.17, 15) is 0 Å². The van der Waals surface area contributed by atoms with Crippen molar-refractivity contribution in [1.29, 1.82) is 0 Å². The van der Waals surface area contributed by atoms with E-state index >= 15 is 0 Å². The molecule has 0 aliphatic carbocycles. The van der Waals surface area contributed by atoms with Crippen LogP contribution in [-0.2, 0) is 4.74 Å². The molecule has 1 saturated heterocycles. The smallest absolute Gasteiger partial charge is 0.203 e. The fourth-order valence-corrected chi connectivity index (χ4v) is 2.10. The molecule has 0 aromatic rings. The fraction of sp³-hybridized carbons (Fsp3) is 1.00. The van der Waals surface area contributed by atoms with Crippen LogP contribution in [-0.4, -0.2) is 41.5 Å². The molecule has 0 aromatic heterocycles. The number of alkyl halides is 3. The first-order valence-corrected chi connectivity index (χ1v) is 5.47. The van der Waals surface area contributed by atoms with E-state index in [1.807, 2.05) is 7.05 Å². The molecule has 2 nitrogen and oxygen atoms in total. The predicted octanol–water partition coefficient (Wildman–Crippen LogP) is 2.47. The Balaban J connectivity index is 2.33. The van der Waals surface area contributed by atoms with Crippen molar-refractivity contribution in [3.05, 3.63) is 0 Å². The van der Waals surface area contributed by atoms with Crippen LogP contribution in [0.1, 0.15) is 12.8 Å². The average Bonchev–Trinajstić information content (AvgIpc) is 2.03. The molecule has 0 unspecified atom stereocenters. The molecule has 1 aliphatic rings. The largest absolute Gasteiger partial charge is 0.381 e. The van der Waals surface area contributed by atoms with Crippen molar-refractivity contribution in [3.63, 3.8) is 0 Å². The van der Waals surface area contributed by atoms with Gasteiger partial charge in [-0.05, 0) is 19.9 Å². The van der Waals surface area contributed by atoms with Crippen molar-refractivity contribution in [2.45, 2.75) is 22.7 Å².